The average Bonchev–Trinajstić information content (AvgIpc) is 2.87. The second-order valence-electron chi connectivity index (χ2n) is 4.81. The molecule has 0 aliphatic carbocycles. The summed E-state index contributed by atoms with van der Waals surface area (Å²) in [5.74, 6) is 6.57. The Bertz CT molecular complexity index is 493. The summed E-state index contributed by atoms with van der Waals surface area (Å²) in [6, 6.07) is 6.27. The maximum atomic E-state index is 5.63. The van der Waals surface area contributed by atoms with Gasteiger partial charge in [-0.1, -0.05) is 6.07 Å². The molecule has 0 aliphatic rings. The van der Waals surface area contributed by atoms with Gasteiger partial charge in [0.05, 0.1) is 0 Å². The topological polar surface area (TPSA) is 81.7 Å². The molecule has 0 saturated carbocycles. The lowest BCUT2D eigenvalue weighted by Crippen LogP contribution is -2.39. The van der Waals surface area contributed by atoms with Crippen LogP contribution in [0.3, 0.4) is 0 Å². The zero-order valence-electron chi connectivity index (χ0n) is 11.3. The third-order valence-corrected chi connectivity index (χ3v) is 2.98. The highest BCUT2D eigenvalue weighted by molar-refractivity contribution is 5.06. The number of rotatable bonds is 6. The van der Waals surface area contributed by atoms with E-state index < -0.39 is 0 Å². The van der Waals surface area contributed by atoms with E-state index in [0.717, 1.165) is 24.4 Å². The molecule has 0 spiro atoms. The van der Waals surface area contributed by atoms with Gasteiger partial charge < -0.3 is 0 Å². The summed E-state index contributed by atoms with van der Waals surface area (Å²) in [5, 5.41) is 4.23. The molecule has 19 heavy (non-hydrogen) atoms. The number of hydrazine groups is 1. The Hall–Kier alpha value is -1.79. The third-order valence-electron chi connectivity index (χ3n) is 2.98. The first kappa shape index (κ1) is 13.6. The zero-order valence-corrected chi connectivity index (χ0v) is 11.3. The van der Waals surface area contributed by atoms with Crippen LogP contribution >= 0.6 is 0 Å². The standard InChI is InChI=1S/C13H20N6/c1-10(2)19-13(16-9-17-19)8-12(18-14)7-11-5-3-4-6-15-11/h3-6,9-10,12,18H,7-8,14H2,1-2H3. The second kappa shape index (κ2) is 6.40. The first-order valence-electron chi connectivity index (χ1n) is 6.45. The van der Waals surface area contributed by atoms with Crippen molar-refractivity contribution in [1.29, 1.82) is 0 Å². The number of hydrogen-bond donors (Lipinski definition) is 2. The predicted molar refractivity (Wildman–Crippen MR) is 73.2 cm³/mol. The Morgan fingerprint density at radius 2 is 2.11 bits per heavy atom. The molecule has 0 aromatic carbocycles. The molecule has 2 heterocycles. The van der Waals surface area contributed by atoms with Crippen molar-refractivity contribution in [3.63, 3.8) is 0 Å². The van der Waals surface area contributed by atoms with Crippen molar-refractivity contribution in [3.8, 4) is 0 Å². The van der Waals surface area contributed by atoms with E-state index in [9.17, 15) is 0 Å². The summed E-state index contributed by atoms with van der Waals surface area (Å²) < 4.78 is 1.92. The summed E-state index contributed by atoms with van der Waals surface area (Å²) in [6.45, 7) is 4.17. The summed E-state index contributed by atoms with van der Waals surface area (Å²) in [7, 11) is 0. The number of nitrogens with two attached hydrogens (primary N) is 1. The molecule has 0 aliphatic heterocycles. The minimum atomic E-state index is 0.0941. The molecule has 0 radical (unpaired) electrons. The van der Waals surface area contributed by atoms with Crippen LogP contribution in [0.4, 0.5) is 0 Å². The van der Waals surface area contributed by atoms with Crippen molar-refractivity contribution < 1.29 is 0 Å². The molecule has 0 amide bonds. The largest absolute Gasteiger partial charge is 0.271 e. The average molecular weight is 260 g/mol. The highest BCUT2D eigenvalue weighted by atomic mass is 15.3. The van der Waals surface area contributed by atoms with Gasteiger partial charge in [0.2, 0.25) is 0 Å². The molecule has 6 heteroatoms. The number of nitrogens with zero attached hydrogens (tertiary/aromatic N) is 4. The Balaban J connectivity index is 2.05. The lowest BCUT2D eigenvalue weighted by molar-refractivity contribution is 0.457. The first-order chi connectivity index (χ1) is 9.20. The van der Waals surface area contributed by atoms with Crippen LogP contribution in [0.25, 0.3) is 0 Å². The van der Waals surface area contributed by atoms with Gasteiger partial charge in [-0.25, -0.2) is 9.67 Å². The molecule has 2 aromatic rings. The van der Waals surface area contributed by atoms with E-state index in [2.05, 4.69) is 34.3 Å². The fourth-order valence-electron chi connectivity index (χ4n) is 2.03. The van der Waals surface area contributed by atoms with Crippen molar-refractivity contribution in [1.82, 2.24) is 25.2 Å². The molecular weight excluding hydrogens is 240 g/mol. The van der Waals surface area contributed by atoms with Gasteiger partial charge in [0.15, 0.2) is 0 Å². The van der Waals surface area contributed by atoms with Crippen LogP contribution in [0, 0.1) is 0 Å². The zero-order chi connectivity index (χ0) is 13.7. The van der Waals surface area contributed by atoms with Crippen molar-refractivity contribution in [2.45, 2.75) is 38.8 Å². The molecule has 1 unspecified atom stereocenters. The smallest absolute Gasteiger partial charge is 0.138 e. The molecule has 0 fully saturated rings. The van der Waals surface area contributed by atoms with Gasteiger partial charge in [-0.2, -0.15) is 5.10 Å². The quantitative estimate of drug-likeness (QED) is 0.595. The van der Waals surface area contributed by atoms with Crippen LogP contribution in [-0.2, 0) is 12.8 Å². The fourth-order valence-corrected chi connectivity index (χ4v) is 2.03. The number of hydrogen-bond acceptors (Lipinski definition) is 5. The molecule has 0 saturated heterocycles. The van der Waals surface area contributed by atoms with Crippen LogP contribution in [-0.4, -0.2) is 25.8 Å². The highest BCUT2D eigenvalue weighted by Gasteiger charge is 2.15. The molecular formula is C13H20N6. The van der Waals surface area contributed by atoms with E-state index >= 15 is 0 Å². The van der Waals surface area contributed by atoms with E-state index in [-0.39, 0.29) is 6.04 Å². The SMILES string of the molecule is CC(C)n1ncnc1CC(Cc1ccccn1)NN. The number of aromatic nitrogens is 4. The van der Waals surface area contributed by atoms with E-state index in [1.807, 2.05) is 22.9 Å². The normalized spacial score (nSPS) is 12.8. The van der Waals surface area contributed by atoms with E-state index in [4.69, 9.17) is 5.84 Å². The fraction of sp³-hybridized carbons (Fsp3) is 0.462. The molecule has 1 atom stereocenters. The van der Waals surface area contributed by atoms with Gasteiger partial charge in [-0.15, -0.1) is 0 Å². The van der Waals surface area contributed by atoms with E-state index in [0.29, 0.717) is 6.04 Å². The van der Waals surface area contributed by atoms with Gasteiger partial charge in [0.25, 0.3) is 0 Å². The number of pyridine rings is 1. The predicted octanol–water partition coefficient (Wildman–Crippen LogP) is 0.871. The summed E-state index contributed by atoms with van der Waals surface area (Å²) in [5.41, 5.74) is 3.85. The summed E-state index contributed by atoms with van der Waals surface area (Å²) in [4.78, 5) is 8.62. The van der Waals surface area contributed by atoms with Gasteiger partial charge >= 0.3 is 0 Å². The van der Waals surface area contributed by atoms with Crippen molar-refractivity contribution in [2.75, 3.05) is 0 Å². The van der Waals surface area contributed by atoms with Crippen LogP contribution in [0.1, 0.15) is 31.4 Å². The summed E-state index contributed by atoms with van der Waals surface area (Å²) >= 11 is 0. The maximum absolute atomic E-state index is 5.63. The molecule has 6 nitrogen and oxygen atoms in total. The van der Waals surface area contributed by atoms with Gasteiger partial charge in [-0.05, 0) is 26.0 Å². The van der Waals surface area contributed by atoms with Crippen molar-refractivity contribution in [3.05, 3.63) is 42.2 Å². The third kappa shape index (κ3) is 3.59. The van der Waals surface area contributed by atoms with E-state index in [1.165, 1.54) is 0 Å². The minimum Gasteiger partial charge on any atom is -0.271 e. The van der Waals surface area contributed by atoms with Crippen molar-refractivity contribution >= 4 is 0 Å². The lowest BCUT2D eigenvalue weighted by Gasteiger charge is -2.16. The summed E-state index contributed by atoms with van der Waals surface area (Å²) in [6.07, 6.45) is 4.87. The lowest BCUT2D eigenvalue weighted by atomic mass is 10.1. The van der Waals surface area contributed by atoms with E-state index in [1.54, 1.807) is 12.5 Å². The highest BCUT2D eigenvalue weighted by Crippen LogP contribution is 2.09. The van der Waals surface area contributed by atoms with Crippen LogP contribution in [0.15, 0.2) is 30.7 Å². The molecule has 2 aromatic heterocycles. The molecule has 0 bridgehead atoms. The Kier molecular flexibility index (Phi) is 4.59. The second-order valence-corrected chi connectivity index (χ2v) is 4.81. The Morgan fingerprint density at radius 3 is 2.74 bits per heavy atom. The number of nitrogens with one attached hydrogen (secondary N) is 1. The van der Waals surface area contributed by atoms with Crippen molar-refractivity contribution in [2.24, 2.45) is 5.84 Å². The first-order valence-corrected chi connectivity index (χ1v) is 6.45. The van der Waals surface area contributed by atoms with Gasteiger partial charge in [0, 0.05) is 36.8 Å². The monoisotopic (exact) mass is 260 g/mol. The molecule has 2 rings (SSSR count). The maximum Gasteiger partial charge on any atom is 0.138 e. The van der Waals surface area contributed by atoms with Crippen LogP contribution in [0.2, 0.25) is 0 Å². The van der Waals surface area contributed by atoms with Crippen LogP contribution in [0.5, 0.6) is 0 Å². The van der Waals surface area contributed by atoms with Gasteiger partial charge in [-0.3, -0.25) is 16.3 Å². The molecule has 3 N–H and O–H groups in total. The van der Waals surface area contributed by atoms with Gasteiger partial charge in [0.1, 0.15) is 12.2 Å². The van der Waals surface area contributed by atoms with Crippen LogP contribution < -0.4 is 11.3 Å². The molecule has 102 valence electrons. The Morgan fingerprint density at radius 1 is 1.26 bits per heavy atom. The minimum absolute atomic E-state index is 0.0941. The Labute approximate surface area is 113 Å².